The second-order valence-corrected chi connectivity index (χ2v) is 4.77. The van der Waals surface area contributed by atoms with Gasteiger partial charge in [0.25, 0.3) is 0 Å². The number of pyridine rings is 1. The molecular formula is C12H15F3N2O. The number of aliphatic hydroxyl groups is 1. The summed E-state index contributed by atoms with van der Waals surface area (Å²) in [6, 6.07) is 2.36. The highest BCUT2D eigenvalue weighted by Crippen LogP contribution is 2.34. The van der Waals surface area contributed by atoms with Crippen molar-refractivity contribution in [2.75, 3.05) is 6.54 Å². The van der Waals surface area contributed by atoms with E-state index < -0.39 is 17.5 Å². The number of rotatable bonds is 1. The Morgan fingerprint density at radius 2 is 2.17 bits per heavy atom. The molecule has 2 heterocycles. The van der Waals surface area contributed by atoms with Crippen LogP contribution in [0.25, 0.3) is 0 Å². The van der Waals surface area contributed by atoms with E-state index in [1.165, 1.54) is 6.07 Å². The molecule has 1 aromatic heterocycles. The maximum atomic E-state index is 12.4. The predicted octanol–water partition coefficient (Wildman–Crippen LogP) is 2.06. The Hall–Kier alpha value is -1.14. The van der Waals surface area contributed by atoms with Crippen LogP contribution in [0, 0.1) is 0 Å². The van der Waals surface area contributed by atoms with Gasteiger partial charge in [-0.15, -0.1) is 0 Å². The summed E-state index contributed by atoms with van der Waals surface area (Å²) >= 11 is 0. The lowest BCUT2D eigenvalue weighted by Crippen LogP contribution is -2.45. The Morgan fingerprint density at radius 1 is 1.44 bits per heavy atom. The highest BCUT2D eigenvalue weighted by molar-refractivity contribution is 5.23. The smallest absolute Gasteiger partial charge is 0.385 e. The second-order valence-electron chi connectivity index (χ2n) is 4.77. The Bertz CT molecular complexity index is 418. The third-order valence-electron chi connectivity index (χ3n) is 3.27. The van der Waals surface area contributed by atoms with E-state index in [2.05, 4.69) is 10.3 Å². The van der Waals surface area contributed by atoms with E-state index in [1.54, 1.807) is 0 Å². The Labute approximate surface area is 103 Å². The minimum Gasteiger partial charge on any atom is -0.385 e. The molecule has 0 aromatic carbocycles. The van der Waals surface area contributed by atoms with E-state index >= 15 is 0 Å². The van der Waals surface area contributed by atoms with E-state index in [-0.39, 0.29) is 6.04 Å². The van der Waals surface area contributed by atoms with E-state index in [9.17, 15) is 18.3 Å². The van der Waals surface area contributed by atoms with Crippen molar-refractivity contribution in [3.63, 3.8) is 0 Å². The molecule has 2 atom stereocenters. The summed E-state index contributed by atoms with van der Waals surface area (Å²) in [4.78, 5) is 3.39. The van der Waals surface area contributed by atoms with Crippen molar-refractivity contribution in [1.82, 2.24) is 10.3 Å². The quantitative estimate of drug-likeness (QED) is 0.812. The molecule has 0 amide bonds. The monoisotopic (exact) mass is 260 g/mol. The SMILES string of the molecule is CC1CC(O)(c2ccc(C(F)(F)F)nc2)CCN1. The zero-order valence-corrected chi connectivity index (χ0v) is 9.96. The van der Waals surface area contributed by atoms with Crippen LogP contribution in [-0.2, 0) is 11.8 Å². The normalized spacial score (nSPS) is 29.3. The summed E-state index contributed by atoms with van der Waals surface area (Å²) in [6.45, 7) is 2.57. The first-order valence-electron chi connectivity index (χ1n) is 5.81. The molecule has 3 nitrogen and oxygen atoms in total. The molecule has 1 aliphatic heterocycles. The van der Waals surface area contributed by atoms with Crippen molar-refractivity contribution in [3.8, 4) is 0 Å². The molecule has 2 N–H and O–H groups in total. The molecule has 18 heavy (non-hydrogen) atoms. The minimum atomic E-state index is -4.44. The Kier molecular flexibility index (Phi) is 3.33. The van der Waals surface area contributed by atoms with Crippen LogP contribution in [0.3, 0.4) is 0 Å². The third kappa shape index (κ3) is 2.64. The molecule has 6 heteroatoms. The molecule has 0 radical (unpaired) electrons. The van der Waals surface area contributed by atoms with Gasteiger partial charge in [-0.1, -0.05) is 6.07 Å². The molecule has 2 unspecified atom stereocenters. The molecule has 1 aromatic rings. The van der Waals surface area contributed by atoms with E-state index in [0.717, 1.165) is 12.3 Å². The van der Waals surface area contributed by atoms with Gasteiger partial charge in [-0.3, -0.25) is 4.98 Å². The zero-order valence-electron chi connectivity index (χ0n) is 9.96. The summed E-state index contributed by atoms with van der Waals surface area (Å²) in [5.41, 5.74) is -1.57. The molecule has 100 valence electrons. The number of hydrogen-bond donors (Lipinski definition) is 2. The van der Waals surface area contributed by atoms with Crippen LogP contribution in [-0.4, -0.2) is 22.7 Å². The van der Waals surface area contributed by atoms with Crippen LogP contribution in [0.4, 0.5) is 13.2 Å². The van der Waals surface area contributed by atoms with Gasteiger partial charge in [0.05, 0.1) is 5.60 Å². The number of halogens is 3. The van der Waals surface area contributed by atoms with Crippen LogP contribution in [0.1, 0.15) is 31.0 Å². The molecule has 0 bridgehead atoms. The van der Waals surface area contributed by atoms with Crippen molar-refractivity contribution >= 4 is 0 Å². The van der Waals surface area contributed by atoms with E-state index in [0.29, 0.717) is 24.9 Å². The van der Waals surface area contributed by atoms with Crippen molar-refractivity contribution in [2.24, 2.45) is 0 Å². The van der Waals surface area contributed by atoms with Crippen LogP contribution >= 0.6 is 0 Å². The van der Waals surface area contributed by atoms with Gasteiger partial charge in [0, 0.05) is 17.8 Å². The standard InChI is InChI=1S/C12H15F3N2O/c1-8-6-11(18,4-5-16-8)9-2-3-10(17-7-9)12(13,14)15/h2-3,7-8,16,18H,4-6H2,1H3. The number of alkyl halides is 3. The van der Waals surface area contributed by atoms with Crippen molar-refractivity contribution in [3.05, 3.63) is 29.6 Å². The second kappa shape index (κ2) is 4.51. The Balaban J connectivity index is 2.23. The summed E-state index contributed by atoms with van der Waals surface area (Å²) in [7, 11) is 0. The summed E-state index contributed by atoms with van der Waals surface area (Å²) in [6.07, 6.45) is -2.37. The maximum absolute atomic E-state index is 12.4. The van der Waals surface area contributed by atoms with Gasteiger partial charge in [0.15, 0.2) is 0 Å². The molecule has 1 fully saturated rings. The van der Waals surface area contributed by atoms with Gasteiger partial charge < -0.3 is 10.4 Å². The average Bonchev–Trinajstić information content (AvgIpc) is 2.28. The van der Waals surface area contributed by atoms with Crippen LogP contribution in [0.2, 0.25) is 0 Å². The molecular weight excluding hydrogens is 245 g/mol. The molecule has 0 aliphatic carbocycles. The largest absolute Gasteiger partial charge is 0.433 e. The number of nitrogens with one attached hydrogen (secondary N) is 1. The van der Waals surface area contributed by atoms with Crippen molar-refractivity contribution in [2.45, 2.75) is 37.6 Å². The fraction of sp³-hybridized carbons (Fsp3) is 0.583. The summed E-state index contributed by atoms with van der Waals surface area (Å²) < 4.78 is 37.2. The lowest BCUT2D eigenvalue weighted by Gasteiger charge is -2.36. The lowest BCUT2D eigenvalue weighted by molar-refractivity contribution is -0.141. The zero-order chi connectivity index (χ0) is 13.4. The first kappa shape index (κ1) is 13.3. The number of nitrogens with zero attached hydrogens (tertiary/aromatic N) is 1. The van der Waals surface area contributed by atoms with Gasteiger partial charge in [-0.2, -0.15) is 13.2 Å². The minimum absolute atomic E-state index is 0.131. The summed E-state index contributed by atoms with van der Waals surface area (Å²) in [5.74, 6) is 0. The fourth-order valence-electron chi connectivity index (χ4n) is 2.31. The fourth-order valence-corrected chi connectivity index (χ4v) is 2.31. The summed E-state index contributed by atoms with van der Waals surface area (Å²) in [5, 5.41) is 13.6. The topological polar surface area (TPSA) is 45.2 Å². The van der Waals surface area contributed by atoms with E-state index in [1.807, 2.05) is 6.92 Å². The molecule has 1 aliphatic rings. The van der Waals surface area contributed by atoms with Crippen LogP contribution in [0.5, 0.6) is 0 Å². The van der Waals surface area contributed by atoms with Gasteiger partial charge in [0.2, 0.25) is 0 Å². The van der Waals surface area contributed by atoms with Crippen LogP contribution in [0.15, 0.2) is 18.3 Å². The first-order valence-corrected chi connectivity index (χ1v) is 5.81. The first-order chi connectivity index (χ1) is 8.31. The highest BCUT2D eigenvalue weighted by Gasteiger charge is 2.36. The Morgan fingerprint density at radius 3 is 2.67 bits per heavy atom. The molecule has 0 spiro atoms. The van der Waals surface area contributed by atoms with Gasteiger partial charge in [-0.05, 0) is 32.4 Å². The van der Waals surface area contributed by atoms with Gasteiger partial charge >= 0.3 is 6.18 Å². The van der Waals surface area contributed by atoms with Gasteiger partial charge in [-0.25, -0.2) is 0 Å². The molecule has 1 saturated heterocycles. The highest BCUT2D eigenvalue weighted by atomic mass is 19.4. The molecule has 2 rings (SSSR count). The number of piperidine rings is 1. The average molecular weight is 260 g/mol. The maximum Gasteiger partial charge on any atom is 0.433 e. The van der Waals surface area contributed by atoms with E-state index in [4.69, 9.17) is 0 Å². The van der Waals surface area contributed by atoms with Gasteiger partial charge in [0.1, 0.15) is 5.69 Å². The van der Waals surface area contributed by atoms with Crippen LogP contribution < -0.4 is 5.32 Å². The predicted molar refractivity (Wildman–Crippen MR) is 59.8 cm³/mol. The number of aromatic nitrogens is 1. The third-order valence-corrected chi connectivity index (χ3v) is 3.27. The number of hydrogen-bond acceptors (Lipinski definition) is 3. The van der Waals surface area contributed by atoms with Crippen molar-refractivity contribution in [1.29, 1.82) is 0 Å². The van der Waals surface area contributed by atoms with Crippen molar-refractivity contribution < 1.29 is 18.3 Å². The lowest BCUT2D eigenvalue weighted by atomic mass is 9.83. The molecule has 0 saturated carbocycles.